The zero-order valence-electron chi connectivity index (χ0n) is 10.6. The van der Waals surface area contributed by atoms with Crippen molar-refractivity contribution in [3.63, 3.8) is 0 Å². The second-order valence-electron chi connectivity index (χ2n) is 3.50. The van der Waals surface area contributed by atoms with Crippen LogP contribution in [-0.4, -0.2) is 18.7 Å². The first-order valence-electron chi connectivity index (χ1n) is 5.45. The third-order valence-corrected chi connectivity index (χ3v) is 3.25. The van der Waals surface area contributed by atoms with E-state index in [4.69, 9.17) is 32.7 Å². The van der Waals surface area contributed by atoms with Gasteiger partial charge in [0.2, 0.25) is 0 Å². The lowest BCUT2D eigenvalue weighted by Crippen LogP contribution is -2.09. The molecule has 0 aliphatic carbocycles. The summed E-state index contributed by atoms with van der Waals surface area (Å²) in [5.41, 5.74) is 6.52. The molecule has 0 unspecified atom stereocenters. The first-order valence-corrected chi connectivity index (χ1v) is 6.94. The molecule has 1 rings (SSSR count). The lowest BCUT2D eigenvalue weighted by Gasteiger charge is -2.12. The van der Waals surface area contributed by atoms with Crippen LogP contribution >= 0.6 is 34.8 Å². The molecular formula is C13H13IN2O2S. The molecule has 1 aromatic carbocycles. The Kier molecular flexibility index (Phi) is 6.05. The number of hydrogen-bond donors (Lipinski definition) is 1. The van der Waals surface area contributed by atoms with Crippen molar-refractivity contribution in [3.8, 4) is 17.6 Å². The highest BCUT2D eigenvalue weighted by Gasteiger charge is 2.11. The number of nitriles is 1. The average Bonchev–Trinajstić information content (AvgIpc) is 2.35. The maximum absolute atomic E-state index is 8.96. The van der Waals surface area contributed by atoms with Gasteiger partial charge in [-0.1, -0.05) is 12.2 Å². The van der Waals surface area contributed by atoms with E-state index < -0.39 is 0 Å². The van der Waals surface area contributed by atoms with E-state index in [1.165, 1.54) is 0 Å². The number of benzene rings is 1. The highest BCUT2D eigenvalue weighted by molar-refractivity contribution is 14.1. The van der Waals surface area contributed by atoms with Gasteiger partial charge in [-0.3, -0.25) is 0 Å². The van der Waals surface area contributed by atoms with Crippen molar-refractivity contribution in [1.82, 2.24) is 0 Å². The number of thiocarbonyl (C=S) groups is 1. The van der Waals surface area contributed by atoms with E-state index in [9.17, 15) is 0 Å². The Morgan fingerprint density at radius 3 is 2.74 bits per heavy atom. The molecule has 0 saturated carbocycles. The average molecular weight is 388 g/mol. The summed E-state index contributed by atoms with van der Waals surface area (Å²) in [6, 6.07) is 5.63. The molecule has 0 aliphatic heterocycles. The number of nitrogens with two attached hydrogens (primary N) is 1. The van der Waals surface area contributed by atoms with Gasteiger partial charge in [0.25, 0.3) is 0 Å². The minimum atomic E-state index is 0.0753. The zero-order valence-corrected chi connectivity index (χ0v) is 13.5. The fraction of sp³-hybridized carbons (Fsp3) is 0.231. The summed E-state index contributed by atoms with van der Waals surface area (Å²) in [4.78, 5) is 0.0753. The predicted molar refractivity (Wildman–Crippen MR) is 87.3 cm³/mol. The molecule has 6 heteroatoms. The second-order valence-corrected chi connectivity index (χ2v) is 5.10. The molecule has 0 radical (unpaired) electrons. The van der Waals surface area contributed by atoms with Gasteiger partial charge in [0, 0.05) is 0 Å². The van der Waals surface area contributed by atoms with Crippen LogP contribution in [0.2, 0.25) is 0 Å². The predicted octanol–water partition coefficient (Wildman–Crippen LogP) is 2.89. The van der Waals surface area contributed by atoms with E-state index in [1.54, 1.807) is 19.3 Å². The van der Waals surface area contributed by atoms with Gasteiger partial charge in [-0.25, -0.2) is 0 Å². The van der Waals surface area contributed by atoms with Crippen LogP contribution in [0.25, 0.3) is 6.08 Å². The summed E-state index contributed by atoms with van der Waals surface area (Å²) in [6.07, 6.45) is 1.63. The van der Waals surface area contributed by atoms with Crippen LogP contribution in [0.15, 0.2) is 17.7 Å². The molecule has 0 fully saturated rings. The summed E-state index contributed by atoms with van der Waals surface area (Å²) in [7, 11) is 1.59. The van der Waals surface area contributed by atoms with Crippen LogP contribution < -0.4 is 15.2 Å². The second kappa shape index (κ2) is 7.31. The minimum absolute atomic E-state index is 0.0753. The van der Waals surface area contributed by atoms with Crippen LogP contribution in [0.5, 0.6) is 11.5 Å². The largest absolute Gasteiger partial charge is 0.492 e. The number of nitrogens with zero attached hydrogens (tertiary/aromatic N) is 1. The molecule has 100 valence electrons. The lowest BCUT2D eigenvalue weighted by atomic mass is 10.1. The Morgan fingerprint density at radius 2 is 2.26 bits per heavy atom. The Balaban J connectivity index is 3.32. The van der Waals surface area contributed by atoms with Gasteiger partial charge < -0.3 is 15.2 Å². The number of methoxy groups -OCH3 is 1. The van der Waals surface area contributed by atoms with Gasteiger partial charge >= 0.3 is 0 Å². The first-order chi connectivity index (χ1) is 9.03. The Hall–Kier alpha value is -1.33. The fourth-order valence-electron chi connectivity index (χ4n) is 1.46. The van der Waals surface area contributed by atoms with E-state index in [1.807, 2.05) is 19.1 Å². The van der Waals surface area contributed by atoms with Crippen LogP contribution in [0.3, 0.4) is 0 Å². The number of rotatable bonds is 5. The van der Waals surface area contributed by atoms with Gasteiger partial charge in [0.1, 0.15) is 11.1 Å². The minimum Gasteiger partial charge on any atom is -0.492 e. The van der Waals surface area contributed by atoms with Crippen molar-refractivity contribution >= 4 is 45.9 Å². The topological polar surface area (TPSA) is 68.3 Å². The van der Waals surface area contributed by atoms with Gasteiger partial charge in [-0.05, 0) is 53.3 Å². The van der Waals surface area contributed by atoms with Gasteiger partial charge in [0.15, 0.2) is 11.5 Å². The van der Waals surface area contributed by atoms with Gasteiger partial charge in [-0.15, -0.1) is 0 Å². The van der Waals surface area contributed by atoms with Crippen molar-refractivity contribution < 1.29 is 9.47 Å². The standard InChI is InChI=1S/C13H13IN2O2S/c1-3-18-11-6-8(4-9(7-15)13(16)19)5-10(14)12(11)17-2/h4-6H,3H2,1-2H3,(H2,16,19)/b9-4+. The van der Waals surface area contributed by atoms with Crippen LogP contribution in [0.4, 0.5) is 0 Å². The fourth-order valence-corrected chi connectivity index (χ4v) is 2.41. The highest BCUT2D eigenvalue weighted by atomic mass is 127. The Bertz CT molecular complexity index is 564. The summed E-state index contributed by atoms with van der Waals surface area (Å²) < 4.78 is 11.7. The summed E-state index contributed by atoms with van der Waals surface area (Å²) in [6.45, 7) is 2.42. The van der Waals surface area contributed by atoms with E-state index in [-0.39, 0.29) is 10.6 Å². The van der Waals surface area contributed by atoms with E-state index in [0.29, 0.717) is 18.1 Å². The van der Waals surface area contributed by atoms with Crippen molar-refractivity contribution in [2.24, 2.45) is 5.73 Å². The lowest BCUT2D eigenvalue weighted by molar-refractivity contribution is 0.309. The molecule has 0 heterocycles. The summed E-state index contributed by atoms with van der Waals surface area (Å²) >= 11 is 6.96. The highest BCUT2D eigenvalue weighted by Crippen LogP contribution is 2.34. The van der Waals surface area contributed by atoms with Crippen molar-refractivity contribution in [2.45, 2.75) is 6.92 Å². The number of hydrogen-bond acceptors (Lipinski definition) is 4. The van der Waals surface area contributed by atoms with E-state index >= 15 is 0 Å². The monoisotopic (exact) mass is 388 g/mol. The zero-order chi connectivity index (χ0) is 14.4. The molecular weight excluding hydrogens is 375 g/mol. The molecule has 19 heavy (non-hydrogen) atoms. The third kappa shape index (κ3) is 4.08. The van der Waals surface area contributed by atoms with Crippen molar-refractivity contribution in [3.05, 3.63) is 26.8 Å². The molecule has 0 amide bonds. The van der Waals surface area contributed by atoms with Crippen LogP contribution in [0, 0.1) is 14.9 Å². The van der Waals surface area contributed by atoms with Crippen LogP contribution in [-0.2, 0) is 0 Å². The normalized spacial score (nSPS) is 10.7. The number of halogens is 1. The van der Waals surface area contributed by atoms with Gasteiger partial charge in [0.05, 0.1) is 22.9 Å². The summed E-state index contributed by atoms with van der Waals surface area (Å²) in [5, 5.41) is 8.96. The SMILES string of the molecule is CCOc1cc(/C=C(\C#N)C(N)=S)cc(I)c1OC. The Morgan fingerprint density at radius 1 is 1.58 bits per heavy atom. The third-order valence-electron chi connectivity index (χ3n) is 2.23. The number of ether oxygens (including phenoxy) is 2. The molecule has 2 N–H and O–H groups in total. The van der Waals surface area contributed by atoms with E-state index in [0.717, 1.165) is 9.13 Å². The molecule has 4 nitrogen and oxygen atoms in total. The Labute approximate surface area is 131 Å². The van der Waals surface area contributed by atoms with Crippen molar-refractivity contribution in [2.75, 3.05) is 13.7 Å². The maximum Gasteiger partial charge on any atom is 0.174 e. The first kappa shape index (κ1) is 15.7. The molecule has 0 spiro atoms. The smallest absolute Gasteiger partial charge is 0.174 e. The molecule has 0 atom stereocenters. The summed E-state index contributed by atoms with van der Waals surface area (Å²) in [5.74, 6) is 1.30. The molecule has 0 aliphatic rings. The van der Waals surface area contributed by atoms with Gasteiger partial charge in [-0.2, -0.15) is 5.26 Å². The van der Waals surface area contributed by atoms with Crippen molar-refractivity contribution in [1.29, 1.82) is 5.26 Å². The van der Waals surface area contributed by atoms with Crippen LogP contribution in [0.1, 0.15) is 12.5 Å². The molecule has 0 bridgehead atoms. The molecule has 0 aromatic heterocycles. The maximum atomic E-state index is 8.96. The van der Waals surface area contributed by atoms with E-state index in [2.05, 4.69) is 22.6 Å². The molecule has 1 aromatic rings. The quantitative estimate of drug-likeness (QED) is 0.364. The molecule has 0 saturated heterocycles.